The van der Waals surface area contributed by atoms with Crippen molar-refractivity contribution in [3.8, 4) is 0 Å². The van der Waals surface area contributed by atoms with Crippen molar-refractivity contribution in [3.05, 3.63) is 46.6 Å². The zero-order valence-corrected chi connectivity index (χ0v) is 12.2. The van der Waals surface area contributed by atoms with Crippen LogP contribution in [0.25, 0.3) is 0 Å². The fraction of sp³-hybridized carbons (Fsp3) is 0.167. The number of hydrogen-bond donors (Lipinski definition) is 0. The highest BCUT2D eigenvalue weighted by atomic mass is 35.5. The van der Waals surface area contributed by atoms with E-state index in [9.17, 15) is 22.0 Å². The van der Waals surface area contributed by atoms with Gasteiger partial charge in [0.05, 0.1) is 12.1 Å². The molecule has 0 saturated carbocycles. The van der Waals surface area contributed by atoms with Crippen LogP contribution in [-0.2, 0) is 16.6 Å². The van der Waals surface area contributed by atoms with Crippen molar-refractivity contribution >= 4 is 27.5 Å². The third kappa shape index (κ3) is 2.17. The molecule has 0 bridgehead atoms. The Balaban J connectivity index is 2.03. The van der Waals surface area contributed by atoms with E-state index in [1.165, 1.54) is 12.1 Å². The molecule has 0 saturated heterocycles. The van der Waals surface area contributed by atoms with E-state index < -0.39 is 34.7 Å². The van der Waals surface area contributed by atoms with Gasteiger partial charge in [-0.25, -0.2) is 26.5 Å². The van der Waals surface area contributed by atoms with Crippen LogP contribution in [0.5, 0.6) is 0 Å². The molecule has 0 spiro atoms. The minimum absolute atomic E-state index is 0.0634. The van der Waals surface area contributed by atoms with Crippen LogP contribution in [0.15, 0.2) is 33.9 Å². The lowest BCUT2D eigenvalue weighted by Gasteiger charge is -2.13. The van der Waals surface area contributed by atoms with E-state index in [1.807, 2.05) is 0 Å². The molecule has 0 atom stereocenters. The van der Waals surface area contributed by atoms with E-state index in [2.05, 4.69) is 9.40 Å². The van der Waals surface area contributed by atoms with Crippen LogP contribution >= 0.6 is 11.6 Å². The van der Waals surface area contributed by atoms with Crippen molar-refractivity contribution in [1.29, 1.82) is 0 Å². The summed E-state index contributed by atoms with van der Waals surface area (Å²) in [6.07, 6.45) is -2.19. The standard InChI is InChI=1S/C12H7ClF2N2O4S/c13-6-1-2-7-9(3-6)22(19,20)17(12(7)18)4-8-10(11(14)15)21-5-16-8/h1-3,5,11H,4H2. The van der Waals surface area contributed by atoms with Gasteiger partial charge in [0.15, 0.2) is 12.2 Å². The third-order valence-electron chi connectivity index (χ3n) is 3.13. The van der Waals surface area contributed by atoms with Gasteiger partial charge < -0.3 is 4.42 Å². The number of halogens is 3. The first-order valence-corrected chi connectivity index (χ1v) is 7.71. The van der Waals surface area contributed by atoms with Crippen LogP contribution in [-0.4, -0.2) is 23.6 Å². The molecule has 1 aromatic carbocycles. The maximum Gasteiger partial charge on any atom is 0.297 e. The van der Waals surface area contributed by atoms with Gasteiger partial charge in [-0.2, -0.15) is 0 Å². The molecule has 2 aromatic rings. The van der Waals surface area contributed by atoms with E-state index in [0.29, 0.717) is 4.31 Å². The Morgan fingerprint density at radius 1 is 1.36 bits per heavy atom. The fourth-order valence-electron chi connectivity index (χ4n) is 2.12. The molecular formula is C12H7ClF2N2O4S. The average Bonchev–Trinajstić information content (AvgIpc) is 2.97. The van der Waals surface area contributed by atoms with E-state index in [0.717, 1.165) is 12.5 Å². The SMILES string of the molecule is O=C1c2ccc(Cl)cc2S(=O)(=O)N1Cc1ncoc1C(F)F. The zero-order chi connectivity index (χ0) is 16.1. The number of carbonyl (C=O) groups excluding carboxylic acids is 1. The van der Waals surface area contributed by atoms with Gasteiger partial charge in [-0.3, -0.25) is 4.79 Å². The number of amides is 1. The van der Waals surface area contributed by atoms with Gasteiger partial charge in [-0.05, 0) is 18.2 Å². The number of hydrogen-bond acceptors (Lipinski definition) is 5. The minimum Gasteiger partial charge on any atom is -0.442 e. The molecular weight excluding hydrogens is 342 g/mol. The monoisotopic (exact) mass is 348 g/mol. The molecule has 0 aliphatic carbocycles. The van der Waals surface area contributed by atoms with E-state index in [-0.39, 0.29) is 21.2 Å². The highest BCUT2D eigenvalue weighted by Gasteiger charge is 2.42. The third-order valence-corrected chi connectivity index (χ3v) is 5.14. The summed E-state index contributed by atoms with van der Waals surface area (Å²) in [4.78, 5) is 15.5. The smallest absolute Gasteiger partial charge is 0.297 e. The molecule has 1 amide bonds. The van der Waals surface area contributed by atoms with Crippen LogP contribution in [0.4, 0.5) is 8.78 Å². The summed E-state index contributed by atoms with van der Waals surface area (Å²) >= 11 is 5.73. The Morgan fingerprint density at radius 2 is 2.09 bits per heavy atom. The van der Waals surface area contributed by atoms with Crippen LogP contribution in [0.1, 0.15) is 28.2 Å². The molecule has 0 radical (unpaired) electrons. The average molecular weight is 349 g/mol. The van der Waals surface area contributed by atoms with Gasteiger partial charge in [0.25, 0.3) is 22.4 Å². The Kier molecular flexibility index (Phi) is 3.41. The number of oxazole rings is 1. The maximum absolute atomic E-state index is 12.7. The number of nitrogens with zero attached hydrogens (tertiary/aromatic N) is 2. The zero-order valence-electron chi connectivity index (χ0n) is 10.7. The van der Waals surface area contributed by atoms with Gasteiger partial charge in [0, 0.05) is 5.02 Å². The van der Waals surface area contributed by atoms with Gasteiger partial charge in [-0.15, -0.1) is 0 Å². The Bertz CT molecular complexity index is 866. The van der Waals surface area contributed by atoms with Crippen molar-refractivity contribution in [3.63, 3.8) is 0 Å². The van der Waals surface area contributed by atoms with Crippen molar-refractivity contribution in [2.24, 2.45) is 0 Å². The molecule has 116 valence electrons. The summed E-state index contributed by atoms with van der Waals surface area (Å²) in [5, 5.41) is 0.145. The first kappa shape index (κ1) is 14.9. The molecule has 10 heteroatoms. The number of fused-ring (bicyclic) bond motifs is 1. The van der Waals surface area contributed by atoms with E-state index >= 15 is 0 Å². The normalized spacial score (nSPS) is 16.4. The summed E-state index contributed by atoms with van der Waals surface area (Å²) in [5.41, 5.74) is -0.377. The Morgan fingerprint density at radius 3 is 2.77 bits per heavy atom. The number of aromatic nitrogens is 1. The number of carbonyl (C=O) groups is 1. The van der Waals surface area contributed by atoms with Crippen LogP contribution in [0.3, 0.4) is 0 Å². The molecule has 1 aliphatic rings. The second-order valence-electron chi connectivity index (χ2n) is 4.42. The van der Waals surface area contributed by atoms with Crippen molar-refractivity contribution < 1.29 is 26.4 Å². The Hall–Kier alpha value is -2.00. The molecule has 1 aromatic heterocycles. The molecule has 2 heterocycles. The lowest BCUT2D eigenvalue weighted by molar-refractivity contribution is 0.0857. The minimum atomic E-state index is -4.16. The van der Waals surface area contributed by atoms with Gasteiger partial charge >= 0.3 is 0 Å². The largest absolute Gasteiger partial charge is 0.442 e. The van der Waals surface area contributed by atoms with Crippen molar-refractivity contribution in [2.75, 3.05) is 0 Å². The van der Waals surface area contributed by atoms with Gasteiger partial charge in [0.1, 0.15) is 10.6 Å². The second kappa shape index (κ2) is 5.03. The second-order valence-corrected chi connectivity index (χ2v) is 6.69. The number of benzene rings is 1. The maximum atomic E-state index is 12.7. The summed E-state index contributed by atoms with van der Waals surface area (Å²) in [7, 11) is -4.16. The highest BCUT2D eigenvalue weighted by molar-refractivity contribution is 7.90. The molecule has 0 fully saturated rings. The van der Waals surface area contributed by atoms with E-state index in [4.69, 9.17) is 11.6 Å². The lowest BCUT2D eigenvalue weighted by Crippen LogP contribution is -2.30. The lowest BCUT2D eigenvalue weighted by atomic mass is 10.2. The highest BCUT2D eigenvalue weighted by Crippen LogP contribution is 2.34. The molecule has 3 rings (SSSR count). The summed E-state index contributed by atoms with van der Waals surface area (Å²) < 4.78 is 55.2. The molecule has 0 N–H and O–H groups in total. The quantitative estimate of drug-likeness (QED) is 0.851. The van der Waals surface area contributed by atoms with Crippen molar-refractivity contribution in [1.82, 2.24) is 9.29 Å². The fourth-order valence-corrected chi connectivity index (χ4v) is 3.91. The van der Waals surface area contributed by atoms with Crippen molar-refractivity contribution in [2.45, 2.75) is 17.9 Å². The number of alkyl halides is 2. The Labute approximate surface area is 128 Å². The first-order chi connectivity index (χ1) is 10.3. The number of rotatable bonds is 3. The molecule has 1 aliphatic heterocycles. The topological polar surface area (TPSA) is 80.5 Å². The summed E-state index contributed by atoms with van der Waals surface area (Å²) in [6.45, 7) is -0.635. The van der Waals surface area contributed by atoms with Crippen LogP contribution in [0.2, 0.25) is 5.02 Å². The predicted molar refractivity (Wildman–Crippen MR) is 70.0 cm³/mol. The van der Waals surface area contributed by atoms with Crippen LogP contribution < -0.4 is 0 Å². The van der Waals surface area contributed by atoms with E-state index in [1.54, 1.807) is 0 Å². The van der Waals surface area contributed by atoms with Crippen LogP contribution in [0, 0.1) is 0 Å². The number of sulfonamides is 1. The molecule has 0 unspecified atom stereocenters. The first-order valence-electron chi connectivity index (χ1n) is 5.89. The summed E-state index contributed by atoms with van der Waals surface area (Å²) in [6, 6.07) is 3.79. The van der Waals surface area contributed by atoms with Gasteiger partial charge in [0.2, 0.25) is 0 Å². The molecule has 6 nitrogen and oxygen atoms in total. The van der Waals surface area contributed by atoms with Gasteiger partial charge in [-0.1, -0.05) is 11.6 Å². The summed E-state index contributed by atoms with van der Waals surface area (Å²) in [5.74, 6) is -1.59. The predicted octanol–water partition coefficient (Wildman–Crippen LogP) is 2.61. The molecule has 22 heavy (non-hydrogen) atoms.